The summed E-state index contributed by atoms with van der Waals surface area (Å²) in [7, 11) is 1.77. The van der Waals surface area contributed by atoms with Crippen LogP contribution in [0.3, 0.4) is 0 Å². The minimum absolute atomic E-state index is 0.0299. The third-order valence-corrected chi connectivity index (χ3v) is 6.88. The molecule has 0 radical (unpaired) electrons. The number of benzene rings is 2. The highest BCUT2D eigenvalue weighted by Crippen LogP contribution is 2.19. The van der Waals surface area contributed by atoms with Crippen LogP contribution in [0.25, 0.3) is 0 Å². The number of aryl methyl sites for hydroxylation is 2. The van der Waals surface area contributed by atoms with Gasteiger partial charge in [-0.15, -0.1) is 0 Å². The summed E-state index contributed by atoms with van der Waals surface area (Å²) in [6.45, 7) is 6.93. The standard InChI is InChI=1S/C29H35N5O3/c1-4-32(18-15-27(35)31(3)20-23-12-6-5-7-13-23)28(36)25-19-26-29(37)33(16-10-17-34(26)30-25)21-24-14-9-8-11-22(24)2/h5-9,11-14,19H,4,10,15-18,20-21H2,1-3H3. The van der Waals surface area contributed by atoms with Crippen molar-refractivity contribution < 1.29 is 14.4 Å². The Morgan fingerprint density at radius 1 is 1.03 bits per heavy atom. The first-order valence-electron chi connectivity index (χ1n) is 12.9. The van der Waals surface area contributed by atoms with E-state index in [0.717, 1.165) is 23.1 Å². The van der Waals surface area contributed by atoms with Crippen molar-refractivity contribution in [2.24, 2.45) is 0 Å². The van der Waals surface area contributed by atoms with Gasteiger partial charge in [0, 0.05) is 58.8 Å². The highest BCUT2D eigenvalue weighted by molar-refractivity contribution is 5.98. The second-order valence-electron chi connectivity index (χ2n) is 9.51. The maximum atomic E-state index is 13.4. The van der Waals surface area contributed by atoms with E-state index < -0.39 is 0 Å². The van der Waals surface area contributed by atoms with Gasteiger partial charge in [0.1, 0.15) is 5.69 Å². The predicted octanol–water partition coefficient (Wildman–Crippen LogP) is 3.75. The average molecular weight is 502 g/mol. The summed E-state index contributed by atoms with van der Waals surface area (Å²) in [5.41, 5.74) is 3.99. The highest BCUT2D eigenvalue weighted by atomic mass is 16.2. The summed E-state index contributed by atoms with van der Waals surface area (Å²) < 4.78 is 1.65. The van der Waals surface area contributed by atoms with Gasteiger partial charge >= 0.3 is 0 Å². The number of carbonyl (C=O) groups excluding carboxylic acids is 3. The third kappa shape index (κ3) is 6.25. The Morgan fingerprint density at radius 3 is 2.49 bits per heavy atom. The summed E-state index contributed by atoms with van der Waals surface area (Å²) in [6.07, 6.45) is 0.985. The van der Waals surface area contributed by atoms with Crippen LogP contribution in [0.1, 0.15) is 57.4 Å². The summed E-state index contributed by atoms with van der Waals surface area (Å²) >= 11 is 0. The van der Waals surface area contributed by atoms with Crippen LogP contribution in [0.2, 0.25) is 0 Å². The zero-order valence-electron chi connectivity index (χ0n) is 21.9. The first-order valence-corrected chi connectivity index (χ1v) is 12.9. The van der Waals surface area contributed by atoms with Gasteiger partial charge in [0.25, 0.3) is 11.8 Å². The van der Waals surface area contributed by atoms with Gasteiger partial charge in [-0.3, -0.25) is 19.1 Å². The highest BCUT2D eigenvalue weighted by Gasteiger charge is 2.28. The van der Waals surface area contributed by atoms with Gasteiger partial charge in [0.05, 0.1) is 0 Å². The molecule has 0 unspecified atom stereocenters. The van der Waals surface area contributed by atoms with E-state index in [-0.39, 0.29) is 29.8 Å². The summed E-state index contributed by atoms with van der Waals surface area (Å²) in [5.74, 6) is -0.411. The number of rotatable bonds is 9. The zero-order valence-corrected chi connectivity index (χ0v) is 21.9. The minimum atomic E-state index is -0.264. The summed E-state index contributed by atoms with van der Waals surface area (Å²) in [5, 5.41) is 4.49. The Bertz CT molecular complexity index is 1250. The van der Waals surface area contributed by atoms with Crippen molar-refractivity contribution in [2.75, 3.05) is 26.7 Å². The van der Waals surface area contributed by atoms with Crippen LogP contribution >= 0.6 is 0 Å². The molecule has 0 spiro atoms. The van der Waals surface area contributed by atoms with Crippen molar-refractivity contribution in [3.63, 3.8) is 0 Å². The van der Waals surface area contributed by atoms with Gasteiger partial charge in [-0.1, -0.05) is 54.6 Å². The van der Waals surface area contributed by atoms with Crippen molar-refractivity contribution in [3.8, 4) is 0 Å². The molecule has 0 saturated heterocycles. The molecule has 2 aromatic carbocycles. The fraction of sp³-hybridized carbons (Fsp3) is 0.379. The van der Waals surface area contributed by atoms with Crippen LogP contribution in [-0.4, -0.2) is 68.9 Å². The molecule has 8 heteroatoms. The van der Waals surface area contributed by atoms with Crippen LogP contribution in [0, 0.1) is 6.92 Å². The molecule has 0 N–H and O–H groups in total. The molecule has 1 aromatic heterocycles. The lowest BCUT2D eigenvalue weighted by Crippen LogP contribution is -2.36. The minimum Gasteiger partial charge on any atom is -0.341 e. The Kier molecular flexibility index (Phi) is 8.38. The van der Waals surface area contributed by atoms with E-state index in [1.54, 1.807) is 27.6 Å². The molecule has 0 bridgehead atoms. The maximum Gasteiger partial charge on any atom is 0.274 e. The number of hydrogen-bond donors (Lipinski definition) is 0. The van der Waals surface area contributed by atoms with E-state index in [4.69, 9.17) is 0 Å². The fourth-order valence-electron chi connectivity index (χ4n) is 4.61. The van der Waals surface area contributed by atoms with Crippen molar-refractivity contribution >= 4 is 17.7 Å². The largest absolute Gasteiger partial charge is 0.341 e. The van der Waals surface area contributed by atoms with E-state index in [1.807, 2.05) is 73.3 Å². The first-order chi connectivity index (χ1) is 17.9. The molecular weight excluding hydrogens is 466 g/mol. The normalized spacial score (nSPS) is 13.2. The lowest BCUT2D eigenvalue weighted by atomic mass is 10.1. The average Bonchev–Trinajstić information content (AvgIpc) is 3.27. The van der Waals surface area contributed by atoms with Crippen molar-refractivity contribution in [1.82, 2.24) is 24.5 Å². The number of amides is 3. The molecule has 3 amide bonds. The van der Waals surface area contributed by atoms with E-state index in [9.17, 15) is 14.4 Å². The monoisotopic (exact) mass is 501 g/mol. The van der Waals surface area contributed by atoms with Gasteiger partial charge in [-0.25, -0.2) is 0 Å². The summed E-state index contributed by atoms with van der Waals surface area (Å²) in [6, 6.07) is 19.5. The second kappa shape index (κ2) is 11.9. The summed E-state index contributed by atoms with van der Waals surface area (Å²) in [4.78, 5) is 44.5. The van der Waals surface area contributed by atoms with Crippen molar-refractivity contribution in [3.05, 3.63) is 88.7 Å². The molecule has 4 rings (SSSR count). The zero-order chi connectivity index (χ0) is 26.4. The van der Waals surface area contributed by atoms with Gasteiger partial charge in [0.15, 0.2) is 5.69 Å². The number of hydrogen-bond acceptors (Lipinski definition) is 4. The van der Waals surface area contributed by atoms with Gasteiger partial charge in [-0.05, 0) is 37.0 Å². The predicted molar refractivity (Wildman–Crippen MR) is 142 cm³/mol. The van der Waals surface area contributed by atoms with Gasteiger partial charge in [0.2, 0.25) is 5.91 Å². The first kappa shape index (κ1) is 26.1. The van der Waals surface area contributed by atoms with Crippen LogP contribution in [0.4, 0.5) is 0 Å². The molecule has 1 aliphatic rings. The SMILES string of the molecule is CCN(CCC(=O)N(C)Cc1ccccc1)C(=O)c1cc2n(n1)CCCN(Cc1ccccc1C)C2=O. The van der Waals surface area contributed by atoms with Crippen LogP contribution in [0.5, 0.6) is 0 Å². The molecule has 194 valence electrons. The van der Waals surface area contributed by atoms with E-state index >= 15 is 0 Å². The van der Waals surface area contributed by atoms with Gasteiger partial charge < -0.3 is 14.7 Å². The van der Waals surface area contributed by atoms with Crippen LogP contribution in [-0.2, 0) is 24.4 Å². The Morgan fingerprint density at radius 2 is 1.76 bits per heavy atom. The molecule has 0 fully saturated rings. The molecule has 0 aliphatic carbocycles. The molecule has 3 aromatic rings. The van der Waals surface area contributed by atoms with E-state index in [2.05, 4.69) is 5.10 Å². The number of nitrogens with zero attached hydrogens (tertiary/aromatic N) is 5. The molecule has 37 heavy (non-hydrogen) atoms. The topological polar surface area (TPSA) is 78.8 Å². The van der Waals surface area contributed by atoms with Crippen molar-refractivity contribution in [1.29, 1.82) is 0 Å². The van der Waals surface area contributed by atoms with E-state index in [0.29, 0.717) is 45.0 Å². The van der Waals surface area contributed by atoms with Gasteiger partial charge in [-0.2, -0.15) is 5.10 Å². The number of aromatic nitrogens is 2. The number of fused-ring (bicyclic) bond motifs is 1. The fourth-order valence-corrected chi connectivity index (χ4v) is 4.61. The lowest BCUT2D eigenvalue weighted by Gasteiger charge is -2.22. The molecule has 8 nitrogen and oxygen atoms in total. The molecular formula is C29H35N5O3. The lowest BCUT2D eigenvalue weighted by molar-refractivity contribution is -0.130. The second-order valence-corrected chi connectivity index (χ2v) is 9.51. The molecule has 2 heterocycles. The molecule has 0 atom stereocenters. The number of carbonyl (C=O) groups is 3. The Labute approximate surface area is 218 Å². The van der Waals surface area contributed by atoms with Crippen LogP contribution in [0.15, 0.2) is 60.7 Å². The van der Waals surface area contributed by atoms with Crippen molar-refractivity contribution in [2.45, 2.75) is 46.3 Å². The third-order valence-electron chi connectivity index (χ3n) is 6.88. The van der Waals surface area contributed by atoms with Crippen LogP contribution < -0.4 is 0 Å². The Balaban J connectivity index is 1.40. The Hall–Kier alpha value is -3.94. The van der Waals surface area contributed by atoms with E-state index in [1.165, 1.54) is 0 Å². The maximum absolute atomic E-state index is 13.4. The molecule has 1 aliphatic heterocycles. The smallest absolute Gasteiger partial charge is 0.274 e. The molecule has 0 saturated carbocycles. The quantitative estimate of drug-likeness (QED) is 0.447.